The van der Waals surface area contributed by atoms with Crippen LogP contribution in [-0.4, -0.2) is 16.2 Å². The molecule has 0 spiro atoms. The number of hydrogen-bond donors (Lipinski definition) is 2. The van der Waals surface area contributed by atoms with Crippen molar-refractivity contribution in [3.8, 4) is 0 Å². The van der Waals surface area contributed by atoms with Crippen LogP contribution in [0.5, 0.6) is 0 Å². The Morgan fingerprint density at radius 3 is 2.50 bits per heavy atom. The molecule has 0 heterocycles. The number of carboxylic acid groups (broad SMARTS) is 1. The maximum absolute atomic E-state index is 12.7. The maximum atomic E-state index is 12.7. The summed E-state index contributed by atoms with van der Waals surface area (Å²) in [4.78, 5) is 10.8. The lowest BCUT2D eigenvalue weighted by Gasteiger charge is -2.22. The van der Waals surface area contributed by atoms with Crippen LogP contribution < -0.4 is 0 Å². The summed E-state index contributed by atoms with van der Waals surface area (Å²) in [6, 6.07) is 5.59. The molecule has 1 fully saturated rings. The van der Waals surface area contributed by atoms with Gasteiger partial charge in [0.2, 0.25) is 0 Å². The van der Waals surface area contributed by atoms with E-state index in [9.17, 15) is 14.3 Å². The van der Waals surface area contributed by atoms with Crippen molar-refractivity contribution in [2.45, 2.75) is 24.9 Å². The van der Waals surface area contributed by atoms with Crippen molar-refractivity contribution in [1.29, 1.82) is 0 Å². The Morgan fingerprint density at radius 2 is 2.00 bits per heavy atom. The second-order valence-corrected chi connectivity index (χ2v) is 4.32. The minimum atomic E-state index is -1.11. The average molecular weight is 224 g/mol. The van der Waals surface area contributed by atoms with Gasteiger partial charge < -0.3 is 10.2 Å². The Labute approximate surface area is 92.5 Å². The number of aliphatic carboxylic acids is 1. The van der Waals surface area contributed by atoms with E-state index in [4.69, 9.17) is 5.11 Å². The molecule has 0 aliphatic heterocycles. The fraction of sp³-hybridized carbons (Fsp3) is 0.417. The molecule has 3 nitrogen and oxygen atoms in total. The Morgan fingerprint density at radius 1 is 1.38 bits per heavy atom. The van der Waals surface area contributed by atoms with Crippen molar-refractivity contribution in [2.75, 3.05) is 0 Å². The minimum Gasteiger partial charge on any atom is -0.481 e. The molecular weight excluding hydrogens is 211 g/mol. The number of halogens is 1. The van der Waals surface area contributed by atoms with E-state index in [0.717, 1.165) is 0 Å². The van der Waals surface area contributed by atoms with Crippen molar-refractivity contribution in [3.63, 3.8) is 0 Å². The number of aliphatic hydroxyl groups is 1. The van der Waals surface area contributed by atoms with Crippen LogP contribution >= 0.6 is 0 Å². The van der Waals surface area contributed by atoms with E-state index >= 15 is 0 Å². The number of benzene rings is 1. The first-order valence-electron chi connectivity index (χ1n) is 5.22. The largest absolute Gasteiger partial charge is 0.481 e. The van der Waals surface area contributed by atoms with Gasteiger partial charge in [0.25, 0.3) is 0 Å². The van der Waals surface area contributed by atoms with Gasteiger partial charge in [-0.05, 0) is 37.0 Å². The van der Waals surface area contributed by atoms with Gasteiger partial charge in [-0.3, -0.25) is 4.79 Å². The second kappa shape index (κ2) is 3.87. The van der Waals surface area contributed by atoms with Gasteiger partial charge in [-0.25, -0.2) is 4.39 Å². The van der Waals surface area contributed by atoms with Crippen LogP contribution in [0.3, 0.4) is 0 Å². The highest BCUT2D eigenvalue weighted by molar-refractivity contribution is 5.70. The Kier molecular flexibility index (Phi) is 2.68. The van der Waals surface area contributed by atoms with Crippen molar-refractivity contribution in [2.24, 2.45) is 5.92 Å². The summed E-state index contributed by atoms with van der Waals surface area (Å²) in [6.07, 6.45) is 1.08. The summed E-state index contributed by atoms with van der Waals surface area (Å²) in [5, 5.41) is 19.2. The monoisotopic (exact) mass is 224 g/mol. The second-order valence-electron chi connectivity index (χ2n) is 4.32. The molecule has 2 N–H and O–H groups in total. The van der Waals surface area contributed by atoms with Crippen LogP contribution in [0.1, 0.15) is 24.8 Å². The Hall–Kier alpha value is -1.42. The zero-order chi connectivity index (χ0) is 11.8. The normalized spacial score (nSPS) is 29.2. The Bertz CT molecular complexity index is 401. The van der Waals surface area contributed by atoms with Gasteiger partial charge in [0.15, 0.2) is 0 Å². The van der Waals surface area contributed by atoms with Gasteiger partial charge in [0.05, 0.1) is 11.5 Å². The van der Waals surface area contributed by atoms with Gasteiger partial charge in [0, 0.05) is 0 Å². The molecule has 1 aliphatic rings. The fourth-order valence-corrected chi connectivity index (χ4v) is 2.26. The van der Waals surface area contributed by atoms with Crippen molar-refractivity contribution in [3.05, 3.63) is 35.6 Å². The van der Waals surface area contributed by atoms with Crippen LogP contribution in [0.15, 0.2) is 24.3 Å². The smallest absolute Gasteiger partial charge is 0.306 e. The van der Waals surface area contributed by atoms with E-state index in [-0.39, 0.29) is 12.2 Å². The van der Waals surface area contributed by atoms with Crippen molar-refractivity contribution in [1.82, 2.24) is 0 Å². The van der Waals surface area contributed by atoms with Gasteiger partial charge in [0.1, 0.15) is 5.82 Å². The minimum absolute atomic E-state index is 0.202. The predicted octanol–water partition coefficient (Wildman–Crippen LogP) is 1.90. The fourth-order valence-electron chi connectivity index (χ4n) is 2.26. The third kappa shape index (κ3) is 1.93. The molecule has 1 saturated carbocycles. The summed E-state index contributed by atoms with van der Waals surface area (Å²) in [6.45, 7) is 0. The molecule has 16 heavy (non-hydrogen) atoms. The molecule has 1 aromatic carbocycles. The van der Waals surface area contributed by atoms with Gasteiger partial charge >= 0.3 is 5.97 Å². The average Bonchev–Trinajstić information content (AvgIpc) is 2.63. The van der Waals surface area contributed by atoms with Gasteiger partial charge in [-0.1, -0.05) is 12.1 Å². The third-order valence-corrected chi connectivity index (χ3v) is 3.22. The van der Waals surface area contributed by atoms with Crippen LogP contribution in [0.4, 0.5) is 4.39 Å². The van der Waals surface area contributed by atoms with Crippen molar-refractivity contribution >= 4 is 5.97 Å². The zero-order valence-electron chi connectivity index (χ0n) is 8.69. The number of carboxylic acids is 1. The van der Waals surface area contributed by atoms with Gasteiger partial charge in [-0.15, -0.1) is 0 Å². The zero-order valence-corrected chi connectivity index (χ0v) is 8.69. The molecule has 2 atom stereocenters. The van der Waals surface area contributed by atoms with Crippen LogP contribution in [-0.2, 0) is 10.4 Å². The molecule has 0 bridgehead atoms. The lowest BCUT2D eigenvalue weighted by atomic mass is 9.91. The van der Waals surface area contributed by atoms with E-state index in [0.29, 0.717) is 18.4 Å². The molecule has 0 radical (unpaired) electrons. The molecule has 2 unspecified atom stereocenters. The first-order valence-corrected chi connectivity index (χ1v) is 5.22. The lowest BCUT2D eigenvalue weighted by Crippen LogP contribution is -2.23. The molecule has 1 aliphatic carbocycles. The van der Waals surface area contributed by atoms with Crippen LogP contribution in [0.25, 0.3) is 0 Å². The van der Waals surface area contributed by atoms with E-state index < -0.39 is 17.5 Å². The number of carbonyl (C=O) groups is 1. The Balaban J connectivity index is 2.21. The number of hydrogen-bond acceptors (Lipinski definition) is 2. The molecule has 0 amide bonds. The van der Waals surface area contributed by atoms with E-state index in [1.807, 2.05) is 0 Å². The topological polar surface area (TPSA) is 57.5 Å². The molecule has 0 aromatic heterocycles. The van der Waals surface area contributed by atoms with E-state index in [2.05, 4.69) is 0 Å². The summed E-state index contributed by atoms with van der Waals surface area (Å²) in [7, 11) is 0. The standard InChI is InChI=1S/C12H13FO3/c13-10-3-1-9(2-4-10)12(16)6-5-8(7-12)11(14)15/h1-4,8,16H,5-7H2,(H,14,15). The molecule has 86 valence electrons. The maximum Gasteiger partial charge on any atom is 0.306 e. The van der Waals surface area contributed by atoms with Crippen molar-refractivity contribution < 1.29 is 19.4 Å². The summed E-state index contributed by atoms with van der Waals surface area (Å²) in [5.41, 5.74) is -0.519. The predicted molar refractivity (Wildman–Crippen MR) is 55.3 cm³/mol. The first kappa shape index (κ1) is 11.1. The van der Waals surface area contributed by atoms with E-state index in [1.165, 1.54) is 24.3 Å². The molecule has 0 saturated heterocycles. The summed E-state index contributed by atoms with van der Waals surface area (Å²) >= 11 is 0. The SMILES string of the molecule is O=C(O)C1CCC(O)(c2ccc(F)cc2)C1. The number of rotatable bonds is 2. The molecule has 1 aromatic rings. The first-order chi connectivity index (χ1) is 7.51. The summed E-state index contributed by atoms with van der Waals surface area (Å²) < 4.78 is 12.7. The molecular formula is C12H13FO3. The quantitative estimate of drug-likeness (QED) is 0.806. The highest BCUT2D eigenvalue weighted by Gasteiger charge is 2.41. The van der Waals surface area contributed by atoms with Gasteiger partial charge in [-0.2, -0.15) is 0 Å². The van der Waals surface area contributed by atoms with Crippen LogP contribution in [0.2, 0.25) is 0 Å². The third-order valence-electron chi connectivity index (χ3n) is 3.22. The van der Waals surface area contributed by atoms with Crippen LogP contribution in [0, 0.1) is 11.7 Å². The highest BCUT2D eigenvalue weighted by atomic mass is 19.1. The van der Waals surface area contributed by atoms with E-state index in [1.54, 1.807) is 0 Å². The lowest BCUT2D eigenvalue weighted by molar-refractivity contribution is -0.142. The molecule has 2 rings (SSSR count). The summed E-state index contributed by atoms with van der Waals surface area (Å²) in [5.74, 6) is -1.74. The highest BCUT2D eigenvalue weighted by Crippen LogP contribution is 2.42. The molecule has 4 heteroatoms.